The molecule has 1 aromatic rings. The number of piperazine rings is 1. The third-order valence-corrected chi connectivity index (χ3v) is 3.77. The first-order valence-corrected chi connectivity index (χ1v) is 5.72. The molecule has 0 atom stereocenters. The summed E-state index contributed by atoms with van der Waals surface area (Å²) in [5, 5.41) is 0. The Kier molecular flexibility index (Phi) is 1.68. The van der Waals surface area contributed by atoms with Crippen LogP contribution in [0.3, 0.4) is 0 Å². The van der Waals surface area contributed by atoms with Gasteiger partial charge in [0.15, 0.2) is 0 Å². The highest BCUT2D eigenvalue weighted by Gasteiger charge is 2.28. The van der Waals surface area contributed by atoms with Crippen LogP contribution in [0.25, 0.3) is 0 Å². The maximum atomic E-state index is 2.51. The minimum atomic E-state index is 1.20. The summed E-state index contributed by atoms with van der Waals surface area (Å²) in [7, 11) is 0. The third kappa shape index (κ3) is 1.06. The molecular formula is C10H11IN2. The minimum Gasteiger partial charge on any atom is -0.366 e. The second-order valence-corrected chi connectivity index (χ2v) is 4.74. The molecule has 2 bridgehead atoms. The Hall–Kier alpha value is -0.450. The van der Waals surface area contributed by atoms with Crippen molar-refractivity contribution in [2.75, 3.05) is 36.0 Å². The van der Waals surface area contributed by atoms with E-state index in [1.807, 2.05) is 0 Å². The molecule has 0 unspecified atom stereocenters. The predicted octanol–water partition coefficient (Wildman–Crippen LogP) is 1.93. The summed E-state index contributed by atoms with van der Waals surface area (Å²) in [6, 6.07) is 6.59. The van der Waals surface area contributed by atoms with Crippen molar-refractivity contribution >= 4 is 34.0 Å². The lowest BCUT2D eigenvalue weighted by Crippen LogP contribution is -2.51. The number of fused-ring (bicyclic) bond motifs is 2. The summed E-state index contributed by atoms with van der Waals surface area (Å²) in [6.07, 6.45) is 0. The van der Waals surface area contributed by atoms with Crippen LogP contribution in [0.4, 0.5) is 11.4 Å². The number of hydrogen-bond acceptors (Lipinski definition) is 2. The first kappa shape index (κ1) is 7.91. The van der Waals surface area contributed by atoms with Crippen LogP contribution in [0, 0.1) is 3.57 Å². The SMILES string of the molecule is Ic1cccc2c1N1CCN2CC1. The smallest absolute Gasteiger partial charge is 0.0740 e. The van der Waals surface area contributed by atoms with E-state index in [4.69, 9.17) is 0 Å². The summed E-state index contributed by atoms with van der Waals surface area (Å²) in [6.45, 7) is 4.81. The molecule has 0 amide bonds. The predicted molar refractivity (Wildman–Crippen MR) is 63.6 cm³/mol. The highest BCUT2D eigenvalue weighted by Crippen LogP contribution is 2.39. The van der Waals surface area contributed by atoms with Gasteiger partial charge in [-0.2, -0.15) is 0 Å². The molecule has 3 aliphatic heterocycles. The van der Waals surface area contributed by atoms with Crippen LogP contribution in [-0.2, 0) is 0 Å². The Morgan fingerprint density at radius 3 is 2.38 bits per heavy atom. The Balaban J connectivity index is 2.23. The van der Waals surface area contributed by atoms with Crippen molar-refractivity contribution in [3.63, 3.8) is 0 Å². The summed E-state index contributed by atoms with van der Waals surface area (Å²) >= 11 is 2.43. The molecule has 1 aromatic carbocycles. The van der Waals surface area contributed by atoms with Crippen molar-refractivity contribution in [3.05, 3.63) is 21.8 Å². The highest BCUT2D eigenvalue weighted by molar-refractivity contribution is 14.1. The number of para-hydroxylation sites is 1. The van der Waals surface area contributed by atoms with Crippen molar-refractivity contribution in [1.29, 1.82) is 0 Å². The maximum Gasteiger partial charge on any atom is 0.0740 e. The van der Waals surface area contributed by atoms with E-state index in [2.05, 4.69) is 50.6 Å². The monoisotopic (exact) mass is 286 g/mol. The van der Waals surface area contributed by atoms with Gasteiger partial charge in [0.1, 0.15) is 0 Å². The van der Waals surface area contributed by atoms with Gasteiger partial charge in [0, 0.05) is 29.7 Å². The molecule has 2 nitrogen and oxygen atoms in total. The van der Waals surface area contributed by atoms with Crippen molar-refractivity contribution < 1.29 is 0 Å². The van der Waals surface area contributed by atoms with Gasteiger partial charge in [-0.15, -0.1) is 0 Å². The van der Waals surface area contributed by atoms with E-state index in [1.165, 1.54) is 41.1 Å². The molecule has 0 aromatic heterocycles. The molecule has 1 fully saturated rings. The van der Waals surface area contributed by atoms with E-state index in [-0.39, 0.29) is 0 Å². The Morgan fingerprint density at radius 2 is 1.69 bits per heavy atom. The molecule has 3 heterocycles. The molecule has 3 heteroatoms. The fraction of sp³-hybridized carbons (Fsp3) is 0.400. The quantitative estimate of drug-likeness (QED) is 0.672. The van der Waals surface area contributed by atoms with E-state index in [0.29, 0.717) is 0 Å². The maximum absolute atomic E-state index is 2.51. The molecular weight excluding hydrogens is 275 g/mol. The highest BCUT2D eigenvalue weighted by atomic mass is 127. The van der Waals surface area contributed by atoms with Crippen LogP contribution < -0.4 is 9.80 Å². The number of halogens is 1. The average molecular weight is 286 g/mol. The summed E-state index contributed by atoms with van der Waals surface area (Å²) < 4.78 is 1.39. The minimum absolute atomic E-state index is 1.20. The third-order valence-electron chi connectivity index (χ3n) is 2.90. The van der Waals surface area contributed by atoms with Gasteiger partial charge in [-0.25, -0.2) is 0 Å². The van der Waals surface area contributed by atoms with Gasteiger partial charge in [-0.3, -0.25) is 0 Å². The Labute approximate surface area is 91.7 Å². The fourth-order valence-electron chi connectivity index (χ4n) is 2.24. The lowest BCUT2D eigenvalue weighted by atomic mass is 10.1. The first-order chi connectivity index (χ1) is 6.36. The van der Waals surface area contributed by atoms with Crippen molar-refractivity contribution in [2.24, 2.45) is 0 Å². The standard InChI is InChI=1S/C10H11IN2/c11-8-2-1-3-9-10(8)13-6-4-12(9)5-7-13/h1-3H,4-7H2. The summed E-state index contributed by atoms with van der Waals surface area (Å²) in [4.78, 5) is 5.01. The Morgan fingerprint density at radius 1 is 1.00 bits per heavy atom. The summed E-state index contributed by atoms with van der Waals surface area (Å²) in [5.74, 6) is 0. The molecule has 1 saturated heterocycles. The largest absolute Gasteiger partial charge is 0.366 e. The second-order valence-electron chi connectivity index (χ2n) is 3.58. The number of benzene rings is 1. The van der Waals surface area contributed by atoms with E-state index in [9.17, 15) is 0 Å². The molecule has 0 N–H and O–H groups in total. The zero-order valence-corrected chi connectivity index (χ0v) is 9.49. The topological polar surface area (TPSA) is 6.48 Å². The van der Waals surface area contributed by atoms with Gasteiger partial charge in [0.05, 0.1) is 11.4 Å². The van der Waals surface area contributed by atoms with E-state index < -0.39 is 0 Å². The molecule has 0 spiro atoms. The van der Waals surface area contributed by atoms with Crippen LogP contribution >= 0.6 is 22.6 Å². The number of anilines is 2. The first-order valence-electron chi connectivity index (χ1n) is 4.65. The van der Waals surface area contributed by atoms with Gasteiger partial charge in [-0.05, 0) is 34.7 Å². The Bertz CT molecular complexity index is 343. The molecule has 13 heavy (non-hydrogen) atoms. The van der Waals surface area contributed by atoms with E-state index in [1.54, 1.807) is 0 Å². The number of nitrogens with zero attached hydrogens (tertiary/aromatic N) is 2. The van der Waals surface area contributed by atoms with Gasteiger partial charge in [-0.1, -0.05) is 6.07 Å². The summed E-state index contributed by atoms with van der Waals surface area (Å²) in [5.41, 5.74) is 2.89. The number of rotatable bonds is 0. The van der Waals surface area contributed by atoms with Crippen LogP contribution in [0.1, 0.15) is 0 Å². The van der Waals surface area contributed by atoms with E-state index >= 15 is 0 Å². The molecule has 4 rings (SSSR count). The molecule has 0 radical (unpaired) electrons. The van der Waals surface area contributed by atoms with Crippen molar-refractivity contribution in [1.82, 2.24) is 0 Å². The van der Waals surface area contributed by atoms with Crippen LogP contribution in [-0.4, -0.2) is 26.2 Å². The van der Waals surface area contributed by atoms with Gasteiger partial charge in [0.2, 0.25) is 0 Å². The van der Waals surface area contributed by atoms with E-state index in [0.717, 1.165) is 0 Å². The molecule has 3 aliphatic rings. The van der Waals surface area contributed by atoms with Crippen LogP contribution in [0.5, 0.6) is 0 Å². The molecule has 0 aliphatic carbocycles. The van der Waals surface area contributed by atoms with Crippen molar-refractivity contribution in [3.8, 4) is 0 Å². The van der Waals surface area contributed by atoms with Gasteiger partial charge in [0.25, 0.3) is 0 Å². The van der Waals surface area contributed by atoms with Gasteiger partial charge >= 0.3 is 0 Å². The normalized spacial score (nSPS) is 19.2. The van der Waals surface area contributed by atoms with Crippen LogP contribution in [0.2, 0.25) is 0 Å². The van der Waals surface area contributed by atoms with Crippen molar-refractivity contribution in [2.45, 2.75) is 0 Å². The second kappa shape index (κ2) is 2.77. The molecule has 68 valence electrons. The lowest BCUT2D eigenvalue weighted by Gasteiger charge is -2.45. The average Bonchev–Trinajstić information content (AvgIpc) is 2.20. The fourth-order valence-corrected chi connectivity index (χ4v) is 3.07. The zero-order chi connectivity index (χ0) is 8.84. The number of hydrogen-bond donors (Lipinski definition) is 0. The van der Waals surface area contributed by atoms with Gasteiger partial charge < -0.3 is 9.80 Å². The lowest BCUT2D eigenvalue weighted by molar-refractivity contribution is 0.623. The molecule has 0 saturated carbocycles. The zero-order valence-electron chi connectivity index (χ0n) is 7.33. The van der Waals surface area contributed by atoms with Crippen LogP contribution in [0.15, 0.2) is 18.2 Å².